The van der Waals surface area contributed by atoms with Crippen LogP contribution in [0.25, 0.3) is 0 Å². The van der Waals surface area contributed by atoms with Gasteiger partial charge in [0.1, 0.15) is 0 Å². The van der Waals surface area contributed by atoms with Crippen molar-refractivity contribution < 1.29 is 14.4 Å². The SMILES string of the molecule is CCNC(=O)c1cccc(CNC(=O)CC(NC(C)=O)c2ccccc2)c1. The van der Waals surface area contributed by atoms with Crippen LogP contribution >= 0.6 is 0 Å². The summed E-state index contributed by atoms with van der Waals surface area (Å²) in [6.45, 7) is 4.17. The van der Waals surface area contributed by atoms with Crippen LogP contribution in [0, 0.1) is 0 Å². The number of amides is 3. The Kier molecular flexibility index (Phi) is 7.55. The van der Waals surface area contributed by atoms with Gasteiger partial charge in [0, 0.05) is 25.6 Å². The molecule has 0 aliphatic carbocycles. The van der Waals surface area contributed by atoms with Gasteiger partial charge in [0.05, 0.1) is 12.5 Å². The highest BCUT2D eigenvalue weighted by Crippen LogP contribution is 2.16. The Morgan fingerprint density at radius 2 is 1.70 bits per heavy atom. The van der Waals surface area contributed by atoms with Crippen molar-refractivity contribution in [3.8, 4) is 0 Å². The Balaban J connectivity index is 1.97. The topological polar surface area (TPSA) is 87.3 Å². The third-order valence-electron chi connectivity index (χ3n) is 3.99. The van der Waals surface area contributed by atoms with Gasteiger partial charge in [0.15, 0.2) is 0 Å². The van der Waals surface area contributed by atoms with Crippen molar-refractivity contribution in [2.45, 2.75) is 32.9 Å². The van der Waals surface area contributed by atoms with Crippen LogP contribution in [0.3, 0.4) is 0 Å². The van der Waals surface area contributed by atoms with Crippen molar-refractivity contribution in [2.24, 2.45) is 0 Å². The lowest BCUT2D eigenvalue weighted by Crippen LogP contribution is -2.32. The zero-order valence-corrected chi connectivity index (χ0v) is 15.6. The molecule has 0 fully saturated rings. The Morgan fingerprint density at radius 3 is 2.37 bits per heavy atom. The molecule has 0 aliphatic rings. The maximum Gasteiger partial charge on any atom is 0.251 e. The summed E-state index contributed by atoms with van der Waals surface area (Å²) in [5.74, 6) is -0.507. The molecule has 0 heterocycles. The molecule has 6 heteroatoms. The fourth-order valence-electron chi connectivity index (χ4n) is 2.73. The lowest BCUT2D eigenvalue weighted by Gasteiger charge is -2.18. The van der Waals surface area contributed by atoms with Gasteiger partial charge in [0.2, 0.25) is 11.8 Å². The van der Waals surface area contributed by atoms with Crippen molar-refractivity contribution in [3.05, 3.63) is 71.3 Å². The zero-order valence-electron chi connectivity index (χ0n) is 15.6. The quantitative estimate of drug-likeness (QED) is 0.669. The maximum absolute atomic E-state index is 12.4. The van der Waals surface area contributed by atoms with Crippen LogP contribution < -0.4 is 16.0 Å². The fraction of sp³-hybridized carbons (Fsp3) is 0.286. The number of benzene rings is 2. The van der Waals surface area contributed by atoms with E-state index in [2.05, 4.69) is 16.0 Å². The average molecular weight is 367 g/mol. The van der Waals surface area contributed by atoms with E-state index >= 15 is 0 Å². The number of carbonyl (C=O) groups excluding carboxylic acids is 3. The van der Waals surface area contributed by atoms with Crippen LogP contribution in [0.4, 0.5) is 0 Å². The molecule has 1 unspecified atom stereocenters. The van der Waals surface area contributed by atoms with Crippen LogP contribution in [0.15, 0.2) is 54.6 Å². The van der Waals surface area contributed by atoms with Crippen molar-refractivity contribution in [1.82, 2.24) is 16.0 Å². The minimum Gasteiger partial charge on any atom is -0.352 e. The number of hydrogen-bond acceptors (Lipinski definition) is 3. The van der Waals surface area contributed by atoms with Crippen molar-refractivity contribution in [3.63, 3.8) is 0 Å². The van der Waals surface area contributed by atoms with Gasteiger partial charge in [-0.2, -0.15) is 0 Å². The second-order valence-electron chi connectivity index (χ2n) is 6.20. The molecule has 0 saturated heterocycles. The van der Waals surface area contributed by atoms with E-state index in [1.165, 1.54) is 6.92 Å². The second-order valence-corrected chi connectivity index (χ2v) is 6.20. The van der Waals surface area contributed by atoms with Crippen LogP contribution in [0.1, 0.15) is 47.8 Å². The van der Waals surface area contributed by atoms with Crippen molar-refractivity contribution in [1.29, 1.82) is 0 Å². The monoisotopic (exact) mass is 367 g/mol. The molecular weight excluding hydrogens is 342 g/mol. The predicted octanol–water partition coefficient (Wildman–Crippen LogP) is 2.32. The summed E-state index contributed by atoms with van der Waals surface area (Å²) in [7, 11) is 0. The largest absolute Gasteiger partial charge is 0.352 e. The van der Waals surface area contributed by atoms with Crippen LogP contribution in [-0.4, -0.2) is 24.3 Å². The van der Waals surface area contributed by atoms with Crippen molar-refractivity contribution >= 4 is 17.7 Å². The predicted molar refractivity (Wildman–Crippen MR) is 104 cm³/mol. The van der Waals surface area contributed by atoms with Crippen molar-refractivity contribution in [2.75, 3.05) is 6.54 Å². The van der Waals surface area contributed by atoms with Crippen LogP contribution in [-0.2, 0) is 16.1 Å². The molecule has 3 N–H and O–H groups in total. The molecule has 6 nitrogen and oxygen atoms in total. The summed E-state index contributed by atoms with van der Waals surface area (Å²) >= 11 is 0. The van der Waals surface area contributed by atoms with Gasteiger partial charge >= 0.3 is 0 Å². The zero-order chi connectivity index (χ0) is 19.6. The molecule has 0 aromatic heterocycles. The third kappa shape index (κ3) is 6.58. The summed E-state index contributed by atoms with van der Waals surface area (Å²) in [5.41, 5.74) is 2.27. The number of nitrogens with one attached hydrogen (secondary N) is 3. The van der Waals surface area contributed by atoms with Gasteiger partial charge in [-0.05, 0) is 30.2 Å². The maximum atomic E-state index is 12.4. The second kappa shape index (κ2) is 10.1. The molecule has 2 aromatic carbocycles. The van der Waals surface area contributed by atoms with E-state index in [1.54, 1.807) is 18.2 Å². The van der Waals surface area contributed by atoms with Crippen LogP contribution in [0.5, 0.6) is 0 Å². The Labute approximate surface area is 159 Å². The summed E-state index contributed by atoms with van der Waals surface area (Å²) in [4.78, 5) is 35.7. The van der Waals surface area contributed by atoms with E-state index < -0.39 is 0 Å². The average Bonchev–Trinajstić information content (AvgIpc) is 2.66. The first-order valence-corrected chi connectivity index (χ1v) is 8.95. The molecule has 0 bridgehead atoms. The third-order valence-corrected chi connectivity index (χ3v) is 3.99. The highest BCUT2D eigenvalue weighted by molar-refractivity contribution is 5.94. The molecule has 0 aliphatic heterocycles. The van der Waals surface area contributed by atoms with Crippen LogP contribution in [0.2, 0.25) is 0 Å². The summed E-state index contributed by atoms with van der Waals surface area (Å²) < 4.78 is 0. The van der Waals surface area contributed by atoms with E-state index in [0.29, 0.717) is 18.7 Å². The minimum absolute atomic E-state index is 0.138. The van der Waals surface area contributed by atoms with E-state index in [9.17, 15) is 14.4 Å². The van der Waals surface area contributed by atoms with Gasteiger partial charge in [-0.3, -0.25) is 14.4 Å². The fourth-order valence-corrected chi connectivity index (χ4v) is 2.73. The molecule has 1 atom stereocenters. The molecule has 0 spiro atoms. The van der Waals surface area contributed by atoms with E-state index in [4.69, 9.17) is 0 Å². The van der Waals surface area contributed by atoms with Gasteiger partial charge in [-0.1, -0.05) is 42.5 Å². The number of rotatable bonds is 8. The Morgan fingerprint density at radius 1 is 0.963 bits per heavy atom. The first kappa shape index (κ1) is 20.2. The highest BCUT2D eigenvalue weighted by Gasteiger charge is 2.16. The number of hydrogen-bond donors (Lipinski definition) is 3. The lowest BCUT2D eigenvalue weighted by atomic mass is 10.0. The Hall–Kier alpha value is -3.15. The molecule has 3 amide bonds. The highest BCUT2D eigenvalue weighted by atomic mass is 16.2. The van der Waals surface area contributed by atoms with Gasteiger partial charge in [-0.15, -0.1) is 0 Å². The summed E-state index contributed by atoms with van der Waals surface area (Å²) in [6, 6.07) is 16.1. The normalized spacial score (nSPS) is 11.3. The Bertz CT molecular complexity index is 790. The van der Waals surface area contributed by atoms with E-state index in [0.717, 1.165) is 11.1 Å². The minimum atomic E-state index is -0.384. The molecule has 0 radical (unpaired) electrons. The van der Waals surface area contributed by atoms with Gasteiger partial charge in [0.25, 0.3) is 5.91 Å². The van der Waals surface area contributed by atoms with Gasteiger partial charge < -0.3 is 16.0 Å². The van der Waals surface area contributed by atoms with E-state index in [-0.39, 0.29) is 30.2 Å². The molecular formula is C21H25N3O3. The smallest absolute Gasteiger partial charge is 0.251 e. The standard InChI is InChI=1S/C21H25N3O3/c1-3-22-21(27)18-11-7-8-16(12-18)14-23-20(26)13-19(24-15(2)25)17-9-5-4-6-10-17/h4-12,19H,3,13-14H2,1-2H3,(H,22,27)(H,23,26)(H,24,25). The molecule has 2 aromatic rings. The molecule has 2 rings (SSSR count). The summed E-state index contributed by atoms with van der Waals surface area (Å²) in [5, 5.41) is 8.41. The number of carbonyl (C=O) groups is 3. The first-order chi connectivity index (χ1) is 13.0. The molecule has 27 heavy (non-hydrogen) atoms. The summed E-state index contributed by atoms with van der Waals surface area (Å²) in [6.07, 6.45) is 0.138. The van der Waals surface area contributed by atoms with Gasteiger partial charge in [-0.25, -0.2) is 0 Å². The van der Waals surface area contributed by atoms with E-state index in [1.807, 2.05) is 43.3 Å². The first-order valence-electron chi connectivity index (χ1n) is 8.95. The molecule has 0 saturated carbocycles. The lowest BCUT2D eigenvalue weighted by molar-refractivity contribution is -0.122. The molecule has 142 valence electrons.